The van der Waals surface area contributed by atoms with Gasteiger partial charge in [-0.05, 0) is 30.9 Å². The number of amides is 1. The van der Waals surface area contributed by atoms with Gasteiger partial charge in [0.1, 0.15) is 11.5 Å². The fraction of sp³-hybridized carbons (Fsp3) is 0.421. The molecule has 0 saturated heterocycles. The molecule has 2 heterocycles. The number of fused-ring (bicyclic) bond motifs is 1. The van der Waals surface area contributed by atoms with Crippen molar-refractivity contribution in [3.8, 4) is 0 Å². The molecule has 1 unspecified atom stereocenters. The number of hydrogen-bond acceptors (Lipinski definition) is 3. The average molecular weight is 353 g/mol. The molecule has 1 atom stereocenters. The normalized spacial score (nSPS) is 16.7. The van der Waals surface area contributed by atoms with Crippen molar-refractivity contribution >= 4 is 16.9 Å². The third-order valence-electron chi connectivity index (χ3n) is 5.24. The molecule has 26 heavy (non-hydrogen) atoms. The van der Waals surface area contributed by atoms with E-state index in [2.05, 4.69) is 15.4 Å². The number of benzene rings is 1. The first-order valence-electron chi connectivity index (χ1n) is 9.13. The molecule has 3 aromatic rings. The number of nitrogens with zero attached hydrogens (tertiary/aromatic N) is 2. The zero-order chi connectivity index (χ0) is 18.1. The largest absolute Gasteiger partial charge is 0.340 e. The minimum atomic E-state index is -0.279. The summed E-state index contributed by atoms with van der Waals surface area (Å²) in [5.41, 5.74) is 1.90. The highest BCUT2D eigenvalue weighted by Crippen LogP contribution is 2.34. The van der Waals surface area contributed by atoms with Crippen LogP contribution >= 0.6 is 0 Å². The lowest BCUT2D eigenvalue weighted by Crippen LogP contribution is -2.35. The van der Waals surface area contributed by atoms with Crippen molar-refractivity contribution in [1.82, 2.24) is 25.1 Å². The van der Waals surface area contributed by atoms with Gasteiger partial charge in [-0.25, -0.2) is 4.98 Å². The number of H-pyrrole nitrogens is 2. The van der Waals surface area contributed by atoms with E-state index < -0.39 is 0 Å². The van der Waals surface area contributed by atoms with Crippen molar-refractivity contribution in [2.75, 3.05) is 0 Å². The lowest BCUT2D eigenvalue weighted by Gasteiger charge is -2.29. The molecule has 7 heteroatoms. The Morgan fingerprint density at radius 3 is 2.73 bits per heavy atom. The second-order valence-electron chi connectivity index (χ2n) is 7.06. The highest BCUT2D eigenvalue weighted by atomic mass is 16.2. The van der Waals surface area contributed by atoms with E-state index >= 15 is 0 Å². The number of hydrogen-bond donors (Lipinski definition) is 3. The number of nitrogens with one attached hydrogen (secondary N) is 3. The minimum Gasteiger partial charge on any atom is -0.340 e. The number of aryl methyl sites for hydroxylation is 1. The smallest absolute Gasteiger partial charge is 0.269 e. The topological polar surface area (TPSA) is 95.6 Å². The molecule has 136 valence electrons. The Bertz CT molecular complexity index is 944. The second-order valence-corrected chi connectivity index (χ2v) is 7.06. The molecule has 0 spiro atoms. The van der Waals surface area contributed by atoms with Gasteiger partial charge in [-0.15, -0.1) is 0 Å². The molecule has 2 aromatic heterocycles. The van der Waals surface area contributed by atoms with Crippen molar-refractivity contribution in [1.29, 1.82) is 0 Å². The van der Waals surface area contributed by atoms with Crippen LogP contribution in [0.1, 0.15) is 54.5 Å². The predicted octanol–water partition coefficient (Wildman–Crippen LogP) is 2.64. The molecule has 1 aromatic carbocycles. The first-order valence-corrected chi connectivity index (χ1v) is 9.13. The third kappa shape index (κ3) is 3.16. The average Bonchev–Trinajstić information content (AvgIpc) is 3.23. The van der Waals surface area contributed by atoms with E-state index in [1.165, 1.54) is 30.0 Å². The van der Waals surface area contributed by atoms with E-state index in [0.717, 1.165) is 29.7 Å². The molecule has 0 radical (unpaired) electrons. The maximum absolute atomic E-state index is 12.7. The molecule has 7 nitrogen and oxygen atoms in total. The van der Waals surface area contributed by atoms with Gasteiger partial charge in [0.2, 0.25) is 0 Å². The van der Waals surface area contributed by atoms with E-state index in [1.807, 2.05) is 24.3 Å². The molecule has 1 saturated carbocycles. The number of carbonyl (C=O) groups excluding carboxylic acids is 1. The molecule has 4 rings (SSSR count). The van der Waals surface area contributed by atoms with Crippen molar-refractivity contribution in [3.63, 3.8) is 0 Å². The highest BCUT2D eigenvalue weighted by molar-refractivity contribution is 5.92. The molecule has 0 aliphatic heterocycles. The molecule has 1 amide bonds. The van der Waals surface area contributed by atoms with E-state index in [1.54, 1.807) is 7.05 Å². The molecule has 3 N–H and O–H groups in total. The fourth-order valence-electron chi connectivity index (χ4n) is 3.82. The Kier molecular flexibility index (Phi) is 4.36. The minimum absolute atomic E-state index is 0.195. The molecule has 1 aliphatic carbocycles. The maximum atomic E-state index is 12.7. The summed E-state index contributed by atoms with van der Waals surface area (Å²) in [6.45, 7) is 0. The van der Waals surface area contributed by atoms with Gasteiger partial charge in [0, 0.05) is 13.1 Å². The number of imidazole rings is 1. The summed E-state index contributed by atoms with van der Waals surface area (Å²) in [6, 6.07) is 9.00. The Morgan fingerprint density at radius 1 is 1.27 bits per heavy atom. The summed E-state index contributed by atoms with van der Waals surface area (Å²) >= 11 is 0. The van der Waals surface area contributed by atoms with Crippen LogP contribution in [0.25, 0.3) is 11.0 Å². The van der Waals surface area contributed by atoms with Gasteiger partial charge in [0.15, 0.2) is 0 Å². The lowest BCUT2D eigenvalue weighted by molar-refractivity contribution is 0.0903. The van der Waals surface area contributed by atoms with E-state index in [4.69, 9.17) is 4.98 Å². The van der Waals surface area contributed by atoms with Gasteiger partial charge in [-0.1, -0.05) is 31.4 Å². The summed E-state index contributed by atoms with van der Waals surface area (Å²) in [5, 5.41) is 5.90. The Hall–Kier alpha value is -2.83. The molecular formula is C19H23N5O2. The van der Waals surface area contributed by atoms with Gasteiger partial charge in [0.05, 0.1) is 17.1 Å². The summed E-state index contributed by atoms with van der Waals surface area (Å²) < 4.78 is 1.30. The van der Waals surface area contributed by atoms with Crippen LogP contribution in [0.3, 0.4) is 0 Å². The number of aromatic nitrogens is 4. The maximum Gasteiger partial charge on any atom is 0.269 e. The predicted molar refractivity (Wildman–Crippen MR) is 98.9 cm³/mol. The Balaban J connectivity index is 1.65. The van der Waals surface area contributed by atoms with Crippen LogP contribution in [0.2, 0.25) is 0 Å². The fourth-order valence-corrected chi connectivity index (χ4v) is 3.82. The zero-order valence-electron chi connectivity index (χ0n) is 14.8. The van der Waals surface area contributed by atoms with Crippen LogP contribution in [0.15, 0.2) is 35.1 Å². The SMILES string of the molecule is Cn1[nH]c(C(=O)NC(c2nc3ccccc3[nH]2)C2CCCCC2)cc1=O. The van der Waals surface area contributed by atoms with Crippen LogP contribution < -0.4 is 10.9 Å². The summed E-state index contributed by atoms with van der Waals surface area (Å²) in [6.07, 6.45) is 5.70. The van der Waals surface area contributed by atoms with Crippen LogP contribution in [-0.2, 0) is 7.05 Å². The van der Waals surface area contributed by atoms with Crippen LogP contribution in [-0.4, -0.2) is 25.7 Å². The highest BCUT2D eigenvalue weighted by Gasteiger charge is 2.29. The lowest BCUT2D eigenvalue weighted by atomic mass is 9.83. The van der Waals surface area contributed by atoms with E-state index in [0.29, 0.717) is 5.92 Å². The first-order chi connectivity index (χ1) is 12.6. The summed E-state index contributed by atoms with van der Waals surface area (Å²) in [4.78, 5) is 32.4. The zero-order valence-corrected chi connectivity index (χ0v) is 14.8. The van der Waals surface area contributed by atoms with E-state index in [9.17, 15) is 9.59 Å². The summed E-state index contributed by atoms with van der Waals surface area (Å²) in [5.74, 6) is 0.840. The third-order valence-corrected chi connectivity index (χ3v) is 5.24. The van der Waals surface area contributed by atoms with Crippen molar-refractivity contribution in [2.45, 2.75) is 38.1 Å². The number of carbonyl (C=O) groups is 1. The van der Waals surface area contributed by atoms with Crippen molar-refractivity contribution in [2.24, 2.45) is 13.0 Å². The summed E-state index contributed by atoms with van der Waals surface area (Å²) in [7, 11) is 1.59. The van der Waals surface area contributed by atoms with Crippen molar-refractivity contribution < 1.29 is 4.79 Å². The van der Waals surface area contributed by atoms with Crippen LogP contribution in [0, 0.1) is 5.92 Å². The number of aromatic amines is 2. The van der Waals surface area contributed by atoms with Gasteiger partial charge < -0.3 is 10.3 Å². The van der Waals surface area contributed by atoms with Gasteiger partial charge in [-0.2, -0.15) is 0 Å². The molecule has 0 bridgehead atoms. The van der Waals surface area contributed by atoms with Crippen LogP contribution in [0.4, 0.5) is 0 Å². The first kappa shape index (κ1) is 16.6. The number of para-hydroxylation sites is 2. The molecule has 1 fully saturated rings. The Morgan fingerprint density at radius 2 is 2.04 bits per heavy atom. The van der Waals surface area contributed by atoms with Crippen LogP contribution in [0.5, 0.6) is 0 Å². The van der Waals surface area contributed by atoms with Gasteiger partial charge in [0.25, 0.3) is 11.5 Å². The quantitative estimate of drug-likeness (QED) is 0.673. The van der Waals surface area contributed by atoms with Gasteiger partial charge >= 0.3 is 0 Å². The standard InChI is InChI=1S/C19H23N5O2/c1-24-16(25)11-15(23-24)19(26)22-17(12-7-3-2-4-8-12)18-20-13-9-5-6-10-14(13)21-18/h5-6,9-12,17,23H,2-4,7-8H2,1H3,(H,20,21)(H,22,26). The monoisotopic (exact) mass is 353 g/mol. The molecule has 1 aliphatic rings. The van der Waals surface area contributed by atoms with Gasteiger partial charge in [-0.3, -0.25) is 19.4 Å². The van der Waals surface area contributed by atoms with E-state index in [-0.39, 0.29) is 23.2 Å². The Labute approximate surface area is 150 Å². The number of rotatable bonds is 4. The second kappa shape index (κ2) is 6.82. The molecular weight excluding hydrogens is 330 g/mol. The van der Waals surface area contributed by atoms with Crippen molar-refractivity contribution in [3.05, 3.63) is 52.2 Å².